The van der Waals surface area contributed by atoms with E-state index in [4.69, 9.17) is 9.47 Å². The molecule has 0 spiro atoms. The summed E-state index contributed by atoms with van der Waals surface area (Å²) in [5, 5.41) is 11.1. The summed E-state index contributed by atoms with van der Waals surface area (Å²) in [4.78, 5) is 4.26. The highest BCUT2D eigenvalue weighted by Crippen LogP contribution is 2.12. The number of nitrogens with zero attached hydrogens (tertiary/aromatic N) is 3. The fourth-order valence-electron chi connectivity index (χ4n) is 2.84. The SMILES string of the molecule is CN=C(NCCCOCC1CCCO1)NCc1c(C)nn(C)c1C. The standard InChI is InChI=1S/C17H31N5O2/c1-13-16(14(2)22(4)21-13)11-20-17(18-3)19-8-6-9-23-12-15-7-5-10-24-15/h15H,5-12H2,1-4H3,(H2,18,19,20). The van der Waals surface area contributed by atoms with Crippen LogP contribution in [0, 0.1) is 13.8 Å². The number of ether oxygens (including phenoxy) is 2. The maximum atomic E-state index is 5.66. The highest BCUT2D eigenvalue weighted by Gasteiger charge is 2.15. The van der Waals surface area contributed by atoms with Crippen LogP contribution in [0.5, 0.6) is 0 Å². The predicted octanol–water partition coefficient (Wildman–Crippen LogP) is 1.29. The number of aromatic nitrogens is 2. The largest absolute Gasteiger partial charge is 0.379 e. The van der Waals surface area contributed by atoms with Crippen molar-refractivity contribution in [3.63, 3.8) is 0 Å². The molecule has 1 atom stereocenters. The van der Waals surface area contributed by atoms with Crippen molar-refractivity contribution in [1.82, 2.24) is 20.4 Å². The first-order valence-corrected chi connectivity index (χ1v) is 8.74. The smallest absolute Gasteiger partial charge is 0.191 e. The van der Waals surface area contributed by atoms with E-state index < -0.39 is 0 Å². The third-order valence-electron chi connectivity index (χ3n) is 4.40. The molecule has 2 N–H and O–H groups in total. The van der Waals surface area contributed by atoms with Crippen LogP contribution in [0.2, 0.25) is 0 Å². The van der Waals surface area contributed by atoms with Gasteiger partial charge in [0.15, 0.2) is 5.96 Å². The number of aliphatic imine (C=N–C) groups is 1. The van der Waals surface area contributed by atoms with Crippen LogP contribution in [-0.4, -0.2) is 55.3 Å². The van der Waals surface area contributed by atoms with Crippen LogP contribution < -0.4 is 10.6 Å². The van der Waals surface area contributed by atoms with E-state index in [1.54, 1.807) is 7.05 Å². The fourth-order valence-corrected chi connectivity index (χ4v) is 2.84. The molecule has 0 aromatic carbocycles. The van der Waals surface area contributed by atoms with Crippen LogP contribution in [0.15, 0.2) is 4.99 Å². The molecule has 2 rings (SSSR count). The van der Waals surface area contributed by atoms with E-state index in [0.29, 0.717) is 12.7 Å². The first-order valence-electron chi connectivity index (χ1n) is 8.74. The van der Waals surface area contributed by atoms with Crippen molar-refractivity contribution in [2.24, 2.45) is 12.0 Å². The Morgan fingerprint density at radius 3 is 2.88 bits per heavy atom. The first-order chi connectivity index (χ1) is 11.6. The quantitative estimate of drug-likeness (QED) is 0.425. The van der Waals surface area contributed by atoms with Gasteiger partial charge in [-0.2, -0.15) is 5.10 Å². The van der Waals surface area contributed by atoms with Gasteiger partial charge in [0.05, 0.1) is 18.4 Å². The molecule has 1 aliphatic heterocycles. The Morgan fingerprint density at radius 2 is 2.25 bits per heavy atom. The van der Waals surface area contributed by atoms with Gasteiger partial charge in [-0.15, -0.1) is 0 Å². The summed E-state index contributed by atoms with van der Waals surface area (Å²) in [5.74, 6) is 0.803. The van der Waals surface area contributed by atoms with E-state index in [9.17, 15) is 0 Å². The van der Waals surface area contributed by atoms with Gasteiger partial charge in [0.25, 0.3) is 0 Å². The molecule has 1 saturated heterocycles. The van der Waals surface area contributed by atoms with Gasteiger partial charge in [0.1, 0.15) is 0 Å². The summed E-state index contributed by atoms with van der Waals surface area (Å²) in [6.45, 7) is 8.01. The van der Waals surface area contributed by atoms with Crippen LogP contribution in [0.25, 0.3) is 0 Å². The third kappa shape index (κ3) is 5.49. The molecular formula is C17H31N5O2. The second-order valence-corrected chi connectivity index (χ2v) is 6.19. The molecular weight excluding hydrogens is 306 g/mol. The summed E-state index contributed by atoms with van der Waals surface area (Å²) < 4.78 is 13.1. The molecule has 0 bridgehead atoms. The average molecular weight is 337 g/mol. The van der Waals surface area contributed by atoms with E-state index in [1.807, 2.05) is 18.7 Å². The first kappa shape index (κ1) is 18.7. The average Bonchev–Trinajstić information content (AvgIpc) is 3.16. The van der Waals surface area contributed by atoms with Gasteiger partial charge >= 0.3 is 0 Å². The summed E-state index contributed by atoms with van der Waals surface area (Å²) in [6, 6.07) is 0. The molecule has 2 heterocycles. The Morgan fingerprint density at radius 1 is 1.42 bits per heavy atom. The van der Waals surface area contributed by atoms with E-state index >= 15 is 0 Å². The van der Waals surface area contributed by atoms with Crippen LogP contribution in [0.1, 0.15) is 36.2 Å². The molecule has 1 aromatic heterocycles. The van der Waals surface area contributed by atoms with Crippen molar-refractivity contribution in [2.75, 3.05) is 33.4 Å². The number of hydrogen-bond donors (Lipinski definition) is 2. The lowest BCUT2D eigenvalue weighted by Crippen LogP contribution is -2.37. The van der Waals surface area contributed by atoms with Gasteiger partial charge in [-0.05, 0) is 33.1 Å². The maximum Gasteiger partial charge on any atom is 0.191 e. The molecule has 0 saturated carbocycles. The third-order valence-corrected chi connectivity index (χ3v) is 4.40. The monoisotopic (exact) mass is 337 g/mol. The van der Waals surface area contributed by atoms with Crippen molar-refractivity contribution in [2.45, 2.75) is 45.8 Å². The van der Waals surface area contributed by atoms with Crippen LogP contribution in [0.3, 0.4) is 0 Å². The summed E-state index contributed by atoms with van der Waals surface area (Å²) >= 11 is 0. The number of nitrogens with one attached hydrogen (secondary N) is 2. The normalized spacial score (nSPS) is 18.2. The Balaban J connectivity index is 1.60. The number of hydrogen-bond acceptors (Lipinski definition) is 4. The second-order valence-electron chi connectivity index (χ2n) is 6.19. The minimum atomic E-state index is 0.304. The topological polar surface area (TPSA) is 72.7 Å². The van der Waals surface area contributed by atoms with Gasteiger partial charge in [0, 0.05) is 51.7 Å². The predicted molar refractivity (Wildman–Crippen MR) is 95.3 cm³/mol. The molecule has 1 fully saturated rings. The second kappa shape index (κ2) is 9.64. The zero-order chi connectivity index (χ0) is 17.4. The Kier molecular flexibility index (Phi) is 7.52. The Bertz CT molecular complexity index is 535. The van der Waals surface area contributed by atoms with Crippen molar-refractivity contribution in [1.29, 1.82) is 0 Å². The molecule has 0 amide bonds. The van der Waals surface area contributed by atoms with Gasteiger partial charge in [-0.1, -0.05) is 0 Å². The van der Waals surface area contributed by atoms with Crippen molar-refractivity contribution in [3.05, 3.63) is 17.0 Å². The Labute approximate surface area is 144 Å². The van der Waals surface area contributed by atoms with Crippen molar-refractivity contribution in [3.8, 4) is 0 Å². The lowest BCUT2D eigenvalue weighted by molar-refractivity contribution is 0.0168. The molecule has 0 aliphatic carbocycles. The molecule has 0 radical (unpaired) electrons. The highest BCUT2D eigenvalue weighted by molar-refractivity contribution is 5.79. The lowest BCUT2D eigenvalue weighted by atomic mass is 10.2. The van der Waals surface area contributed by atoms with Crippen molar-refractivity contribution < 1.29 is 9.47 Å². The minimum Gasteiger partial charge on any atom is -0.379 e. The zero-order valence-corrected chi connectivity index (χ0v) is 15.4. The van der Waals surface area contributed by atoms with Gasteiger partial charge < -0.3 is 20.1 Å². The zero-order valence-electron chi connectivity index (χ0n) is 15.4. The van der Waals surface area contributed by atoms with E-state index in [0.717, 1.165) is 57.2 Å². The van der Waals surface area contributed by atoms with Crippen LogP contribution in [-0.2, 0) is 23.1 Å². The van der Waals surface area contributed by atoms with Gasteiger partial charge in [-0.3, -0.25) is 9.67 Å². The van der Waals surface area contributed by atoms with E-state index in [1.165, 1.54) is 11.3 Å². The Hall–Kier alpha value is -1.60. The van der Waals surface area contributed by atoms with Gasteiger partial charge in [0.2, 0.25) is 0 Å². The number of aryl methyl sites for hydroxylation is 2. The number of guanidine groups is 1. The molecule has 136 valence electrons. The molecule has 7 heteroatoms. The minimum absolute atomic E-state index is 0.304. The van der Waals surface area contributed by atoms with Crippen molar-refractivity contribution >= 4 is 5.96 Å². The molecule has 7 nitrogen and oxygen atoms in total. The lowest BCUT2D eigenvalue weighted by Gasteiger charge is -2.13. The fraction of sp³-hybridized carbons (Fsp3) is 0.765. The maximum absolute atomic E-state index is 5.66. The molecule has 1 aromatic rings. The van der Waals surface area contributed by atoms with Gasteiger partial charge in [-0.25, -0.2) is 0 Å². The summed E-state index contributed by atoms with van der Waals surface area (Å²) in [5.41, 5.74) is 3.46. The van der Waals surface area contributed by atoms with Crippen LogP contribution in [0.4, 0.5) is 0 Å². The summed E-state index contributed by atoms with van der Waals surface area (Å²) in [6.07, 6.45) is 3.53. The molecule has 1 aliphatic rings. The highest BCUT2D eigenvalue weighted by atomic mass is 16.5. The number of rotatable bonds is 8. The molecule has 1 unspecified atom stereocenters. The summed E-state index contributed by atoms with van der Waals surface area (Å²) in [7, 11) is 3.75. The molecule has 24 heavy (non-hydrogen) atoms. The van der Waals surface area contributed by atoms with E-state index in [-0.39, 0.29) is 0 Å². The van der Waals surface area contributed by atoms with Crippen LogP contribution >= 0.6 is 0 Å². The van der Waals surface area contributed by atoms with E-state index in [2.05, 4.69) is 27.6 Å².